The van der Waals surface area contributed by atoms with Crippen LogP contribution in [0.3, 0.4) is 0 Å². The highest BCUT2D eigenvalue weighted by Crippen LogP contribution is 2.43. The van der Waals surface area contributed by atoms with E-state index >= 15 is 0 Å². The first-order chi connectivity index (χ1) is 15.7. The molecule has 0 fully saturated rings. The van der Waals surface area contributed by atoms with Crippen molar-refractivity contribution in [3.8, 4) is 0 Å². The zero-order valence-corrected chi connectivity index (χ0v) is 18.5. The minimum absolute atomic E-state index is 0.230. The van der Waals surface area contributed by atoms with Gasteiger partial charge in [0.25, 0.3) is 0 Å². The molecule has 0 saturated carbocycles. The van der Waals surface area contributed by atoms with Gasteiger partial charge in [-0.05, 0) is 52.2 Å². The molecule has 1 N–H and O–H groups in total. The molecular formula is C29H24NOP. The fourth-order valence-electron chi connectivity index (χ4n) is 4.13. The zero-order valence-electron chi connectivity index (χ0n) is 17.6. The van der Waals surface area contributed by atoms with Crippen LogP contribution in [0.1, 0.15) is 17.2 Å². The second-order valence-corrected chi connectivity index (χ2v) is 10.4. The molecule has 5 rings (SSSR count). The van der Waals surface area contributed by atoms with E-state index in [4.69, 9.17) is 0 Å². The minimum atomic E-state index is -3.12. The van der Waals surface area contributed by atoms with Gasteiger partial charge in [-0.15, -0.1) is 0 Å². The first kappa shape index (κ1) is 20.5. The first-order valence-corrected chi connectivity index (χ1v) is 12.5. The Labute approximate surface area is 189 Å². The molecule has 0 aromatic heterocycles. The van der Waals surface area contributed by atoms with E-state index in [1.165, 1.54) is 10.8 Å². The summed E-state index contributed by atoms with van der Waals surface area (Å²) in [5.74, 6) is 0. The average molecular weight is 433 g/mol. The SMILES string of the molecule is O=P(N[C@H](c1ccccc1)c1ccc2ccccc2c1)(c1ccccc1)c1ccccc1. The highest BCUT2D eigenvalue weighted by molar-refractivity contribution is 7.76. The fourth-order valence-corrected chi connectivity index (χ4v) is 6.57. The number of hydrogen-bond donors (Lipinski definition) is 1. The van der Waals surface area contributed by atoms with E-state index in [1.54, 1.807) is 0 Å². The first-order valence-electron chi connectivity index (χ1n) is 10.8. The smallest absolute Gasteiger partial charge is 0.205 e. The molecule has 156 valence electrons. The molecule has 5 aromatic rings. The van der Waals surface area contributed by atoms with Gasteiger partial charge >= 0.3 is 0 Å². The van der Waals surface area contributed by atoms with E-state index in [2.05, 4.69) is 53.6 Å². The Kier molecular flexibility index (Phi) is 5.73. The third kappa shape index (κ3) is 4.03. The van der Waals surface area contributed by atoms with Crippen molar-refractivity contribution in [2.45, 2.75) is 6.04 Å². The molecular weight excluding hydrogens is 409 g/mol. The van der Waals surface area contributed by atoms with Crippen LogP contribution in [0.15, 0.2) is 133 Å². The van der Waals surface area contributed by atoms with Crippen molar-refractivity contribution in [3.05, 3.63) is 145 Å². The van der Waals surface area contributed by atoms with E-state index in [-0.39, 0.29) is 6.04 Å². The van der Waals surface area contributed by atoms with Crippen LogP contribution in [0.4, 0.5) is 0 Å². The van der Waals surface area contributed by atoms with Crippen molar-refractivity contribution in [3.63, 3.8) is 0 Å². The summed E-state index contributed by atoms with van der Waals surface area (Å²) in [7, 11) is -3.12. The van der Waals surface area contributed by atoms with Crippen LogP contribution in [0, 0.1) is 0 Å². The van der Waals surface area contributed by atoms with Crippen molar-refractivity contribution in [2.24, 2.45) is 0 Å². The van der Waals surface area contributed by atoms with Gasteiger partial charge in [-0.1, -0.05) is 103 Å². The molecule has 0 bridgehead atoms. The number of rotatable bonds is 6. The van der Waals surface area contributed by atoms with Crippen molar-refractivity contribution in [1.82, 2.24) is 5.09 Å². The highest BCUT2D eigenvalue weighted by Gasteiger charge is 2.31. The van der Waals surface area contributed by atoms with Crippen LogP contribution < -0.4 is 15.7 Å². The summed E-state index contributed by atoms with van der Waals surface area (Å²) in [6.45, 7) is 0. The van der Waals surface area contributed by atoms with E-state index in [0.717, 1.165) is 21.7 Å². The molecule has 0 heterocycles. The Balaban J connectivity index is 1.67. The van der Waals surface area contributed by atoms with Gasteiger partial charge in [-0.2, -0.15) is 0 Å². The Morgan fingerprint density at radius 1 is 0.500 bits per heavy atom. The summed E-state index contributed by atoms with van der Waals surface area (Å²) in [6.07, 6.45) is 0. The molecule has 0 aliphatic carbocycles. The Hall–Kier alpha value is -3.45. The standard InChI is InChI=1S/C29H24NOP/c31-32(27-16-6-2-7-17-27,28-18-8-3-9-19-28)30-29(24-13-4-1-5-14-24)26-21-20-23-12-10-11-15-25(23)22-26/h1-22,29H,(H,30,31)/t29-/m1/s1. The second kappa shape index (κ2) is 8.96. The van der Waals surface area contributed by atoms with Gasteiger partial charge in [-0.3, -0.25) is 4.57 Å². The molecule has 3 heteroatoms. The highest BCUT2D eigenvalue weighted by atomic mass is 31.2. The largest absolute Gasteiger partial charge is 0.296 e. The number of hydrogen-bond acceptors (Lipinski definition) is 1. The maximum atomic E-state index is 14.7. The molecule has 2 nitrogen and oxygen atoms in total. The minimum Gasteiger partial charge on any atom is -0.296 e. The lowest BCUT2D eigenvalue weighted by Crippen LogP contribution is -2.31. The van der Waals surface area contributed by atoms with Crippen molar-refractivity contribution >= 4 is 28.7 Å². The monoisotopic (exact) mass is 433 g/mol. The van der Waals surface area contributed by atoms with Gasteiger partial charge < -0.3 is 0 Å². The molecule has 5 aromatic carbocycles. The fraction of sp³-hybridized carbons (Fsp3) is 0.0345. The summed E-state index contributed by atoms with van der Waals surface area (Å²) in [5.41, 5.74) is 2.16. The molecule has 0 radical (unpaired) electrons. The summed E-state index contributed by atoms with van der Waals surface area (Å²) in [5, 5.41) is 7.57. The van der Waals surface area contributed by atoms with E-state index < -0.39 is 7.29 Å². The summed E-state index contributed by atoms with van der Waals surface area (Å²) in [6, 6.07) is 44.3. The molecule has 0 spiro atoms. The van der Waals surface area contributed by atoms with Crippen molar-refractivity contribution < 1.29 is 4.57 Å². The normalized spacial score (nSPS) is 12.5. The average Bonchev–Trinajstić information content (AvgIpc) is 2.88. The van der Waals surface area contributed by atoms with Gasteiger partial charge in [0.1, 0.15) is 0 Å². The molecule has 1 atom stereocenters. The summed E-state index contributed by atoms with van der Waals surface area (Å²) >= 11 is 0. The van der Waals surface area contributed by atoms with Gasteiger partial charge in [-0.25, -0.2) is 5.09 Å². The van der Waals surface area contributed by atoms with Crippen LogP contribution in [0.5, 0.6) is 0 Å². The van der Waals surface area contributed by atoms with Crippen molar-refractivity contribution in [1.29, 1.82) is 0 Å². The molecule has 0 aliphatic heterocycles. The van der Waals surface area contributed by atoms with Crippen LogP contribution in [0.25, 0.3) is 10.8 Å². The van der Waals surface area contributed by atoms with Crippen LogP contribution in [-0.4, -0.2) is 0 Å². The van der Waals surface area contributed by atoms with Crippen LogP contribution >= 0.6 is 7.29 Å². The Bertz CT molecular complexity index is 1320. The zero-order chi connectivity index (χ0) is 21.8. The van der Waals surface area contributed by atoms with Gasteiger partial charge in [0.05, 0.1) is 6.04 Å². The van der Waals surface area contributed by atoms with E-state index in [1.807, 2.05) is 84.9 Å². The molecule has 0 aliphatic rings. The number of fused-ring (bicyclic) bond motifs is 1. The quantitative estimate of drug-likeness (QED) is 0.312. The summed E-state index contributed by atoms with van der Waals surface area (Å²) < 4.78 is 14.7. The lowest BCUT2D eigenvalue weighted by Gasteiger charge is -2.28. The molecule has 0 amide bonds. The predicted octanol–water partition coefficient (Wildman–Crippen LogP) is 6.45. The van der Waals surface area contributed by atoms with E-state index in [9.17, 15) is 4.57 Å². The third-order valence-electron chi connectivity index (χ3n) is 5.79. The second-order valence-electron chi connectivity index (χ2n) is 7.86. The van der Waals surface area contributed by atoms with Gasteiger partial charge in [0.2, 0.25) is 7.29 Å². The third-order valence-corrected chi connectivity index (χ3v) is 8.46. The van der Waals surface area contributed by atoms with Crippen molar-refractivity contribution in [2.75, 3.05) is 0 Å². The van der Waals surface area contributed by atoms with Gasteiger partial charge in [0, 0.05) is 10.6 Å². The maximum Gasteiger partial charge on any atom is 0.205 e. The summed E-state index contributed by atoms with van der Waals surface area (Å²) in [4.78, 5) is 0. The predicted molar refractivity (Wildman–Crippen MR) is 135 cm³/mol. The van der Waals surface area contributed by atoms with Crippen LogP contribution in [-0.2, 0) is 4.57 Å². The Morgan fingerprint density at radius 3 is 1.59 bits per heavy atom. The lowest BCUT2D eigenvalue weighted by molar-refractivity contribution is 0.572. The molecule has 32 heavy (non-hydrogen) atoms. The van der Waals surface area contributed by atoms with E-state index in [0.29, 0.717) is 0 Å². The number of benzene rings is 5. The molecule has 0 unspecified atom stereocenters. The van der Waals surface area contributed by atoms with Gasteiger partial charge in [0.15, 0.2) is 0 Å². The Morgan fingerprint density at radius 2 is 1.00 bits per heavy atom. The van der Waals surface area contributed by atoms with Crippen LogP contribution in [0.2, 0.25) is 0 Å². The molecule has 0 saturated heterocycles. The maximum absolute atomic E-state index is 14.7. The topological polar surface area (TPSA) is 29.1 Å². The lowest BCUT2D eigenvalue weighted by atomic mass is 9.97. The number of nitrogens with one attached hydrogen (secondary N) is 1.